The lowest BCUT2D eigenvalue weighted by Crippen LogP contribution is -2.59. The molecule has 106 valence electrons. The molecule has 2 rings (SSSR count). The summed E-state index contributed by atoms with van der Waals surface area (Å²) < 4.78 is 0. The molecule has 2 atom stereocenters. The van der Waals surface area contributed by atoms with Crippen LogP contribution < -0.4 is 5.32 Å². The second kappa shape index (κ2) is 6.53. The number of hydrogen-bond donors (Lipinski definition) is 1. The Morgan fingerprint density at radius 1 is 1.11 bits per heavy atom. The minimum absolute atomic E-state index is 0.624. The monoisotopic (exact) mass is 260 g/mol. The first-order valence-electron chi connectivity index (χ1n) is 7.59. The van der Waals surface area contributed by atoms with Crippen molar-refractivity contribution in [2.24, 2.45) is 11.8 Å². The molecule has 0 aromatic heterocycles. The summed E-state index contributed by atoms with van der Waals surface area (Å²) in [4.78, 5) is 2.67. The molecule has 1 N–H and O–H groups in total. The molecule has 1 aromatic carbocycles. The molecule has 0 amide bonds. The average Bonchev–Trinajstić information content (AvgIpc) is 2.39. The first-order chi connectivity index (χ1) is 9.08. The van der Waals surface area contributed by atoms with Crippen molar-refractivity contribution in [3.8, 4) is 0 Å². The third-order valence-corrected chi connectivity index (χ3v) is 4.29. The van der Waals surface area contributed by atoms with Gasteiger partial charge in [0.1, 0.15) is 0 Å². The lowest BCUT2D eigenvalue weighted by Gasteiger charge is -2.43. The van der Waals surface area contributed by atoms with Crippen LogP contribution in [-0.4, -0.2) is 30.1 Å². The van der Waals surface area contributed by atoms with Crippen LogP contribution >= 0.6 is 0 Å². The molecule has 1 fully saturated rings. The first-order valence-corrected chi connectivity index (χ1v) is 7.59. The molecule has 0 radical (unpaired) electrons. The van der Waals surface area contributed by atoms with Crippen LogP contribution in [0.25, 0.3) is 0 Å². The van der Waals surface area contributed by atoms with E-state index in [4.69, 9.17) is 0 Å². The highest BCUT2D eigenvalue weighted by molar-refractivity contribution is 5.15. The number of nitrogens with zero attached hydrogens (tertiary/aromatic N) is 1. The van der Waals surface area contributed by atoms with E-state index in [1.165, 1.54) is 5.56 Å². The van der Waals surface area contributed by atoms with Crippen LogP contribution in [-0.2, 0) is 6.54 Å². The van der Waals surface area contributed by atoms with Crippen molar-refractivity contribution in [2.75, 3.05) is 13.1 Å². The minimum atomic E-state index is 0.624. The Kier molecular flexibility index (Phi) is 5.00. The summed E-state index contributed by atoms with van der Waals surface area (Å²) in [5.74, 6) is 1.40. The van der Waals surface area contributed by atoms with Crippen molar-refractivity contribution < 1.29 is 0 Å². The maximum absolute atomic E-state index is 3.72. The molecule has 2 heteroatoms. The molecule has 0 bridgehead atoms. The number of piperazine rings is 1. The standard InChI is InChI=1S/C17H28N2/c1-13(2)16-12-19(17(10-18-16)14(3)4)11-15-8-6-5-7-9-15/h5-9,13-14,16-18H,10-12H2,1-4H3/t16-,17-/m0/s1. The zero-order chi connectivity index (χ0) is 13.8. The molecule has 1 aromatic rings. The quantitative estimate of drug-likeness (QED) is 0.894. The van der Waals surface area contributed by atoms with Crippen LogP contribution in [0.2, 0.25) is 0 Å². The van der Waals surface area contributed by atoms with Gasteiger partial charge in [-0.2, -0.15) is 0 Å². The highest BCUT2D eigenvalue weighted by Crippen LogP contribution is 2.20. The van der Waals surface area contributed by atoms with E-state index in [0.29, 0.717) is 23.9 Å². The van der Waals surface area contributed by atoms with Crippen molar-refractivity contribution in [1.82, 2.24) is 10.2 Å². The Hall–Kier alpha value is -0.860. The zero-order valence-electron chi connectivity index (χ0n) is 12.8. The SMILES string of the molecule is CC(C)[C@@H]1CN(Cc2ccccc2)[C@H](C(C)C)CN1. The van der Waals surface area contributed by atoms with Gasteiger partial charge in [0.05, 0.1) is 0 Å². The highest BCUT2D eigenvalue weighted by Gasteiger charge is 2.30. The van der Waals surface area contributed by atoms with E-state index in [-0.39, 0.29) is 0 Å². The van der Waals surface area contributed by atoms with E-state index >= 15 is 0 Å². The Morgan fingerprint density at radius 2 is 1.79 bits per heavy atom. The predicted octanol–water partition coefficient (Wildman–Crippen LogP) is 3.14. The van der Waals surface area contributed by atoms with Crippen molar-refractivity contribution in [1.29, 1.82) is 0 Å². The fraction of sp³-hybridized carbons (Fsp3) is 0.647. The summed E-state index contributed by atoms with van der Waals surface area (Å²) in [5, 5.41) is 3.72. The topological polar surface area (TPSA) is 15.3 Å². The molecule has 0 saturated carbocycles. The van der Waals surface area contributed by atoms with Gasteiger partial charge in [-0.05, 0) is 17.4 Å². The van der Waals surface area contributed by atoms with Gasteiger partial charge in [-0.3, -0.25) is 4.90 Å². The van der Waals surface area contributed by atoms with Crippen LogP contribution in [0.1, 0.15) is 33.3 Å². The van der Waals surface area contributed by atoms with Crippen LogP contribution in [0.4, 0.5) is 0 Å². The molecular weight excluding hydrogens is 232 g/mol. The largest absolute Gasteiger partial charge is 0.311 e. The van der Waals surface area contributed by atoms with E-state index in [1.54, 1.807) is 0 Å². The lowest BCUT2D eigenvalue weighted by molar-refractivity contribution is 0.0784. The Labute approximate surface area is 118 Å². The van der Waals surface area contributed by atoms with E-state index in [9.17, 15) is 0 Å². The van der Waals surface area contributed by atoms with E-state index in [2.05, 4.69) is 68.2 Å². The van der Waals surface area contributed by atoms with Crippen LogP contribution in [0.3, 0.4) is 0 Å². The molecule has 1 saturated heterocycles. The Balaban J connectivity index is 2.07. The molecule has 0 unspecified atom stereocenters. The van der Waals surface area contributed by atoms with E-state index in [1.807, 2.05) is 0 Å². The van der Waals surface area contributed by atoms with Gasteiger partial charge in [0.15, 0.2) is 0 Å². The van der Waals surface area contributed by atoms with Crippen LogP contribution in [0.15, 0.2) is 30.3 Å². The summed E-state index contributed by atoms with van der Waals surface area (Å²) in [6.45, 7) is 12.7. The van der Waals surface area contributed by atoms with Crippen molar-refractivity contribution in [3.05, 3.63) is 35.9 Å². The van der Waals surface area contributed by atoms with Gasteiger partial charge in [0.2, 0.25) is 0 Å². The third kappa shape index (κ3) is 3.80. The molecule has 1 aliphatic heterocycles. The second-order valence-corrected chi connectivity index (χ2v) is 6.49. The molecule has 1 aliphatic rings. The van der Waals surface area contributed by atoms with Gasteiger partial charge < -0.3 is 5.32 Å². The fourth-order valence-corrected chi connectivity index (χ4v) is 2.96. The van der Waals surface area contributed by atoms with Crippen LogP contribution in [0.5, 0.6) is 0 Å². The van der Waals surface area contributed by atoms with Gasteiger partial charge in [0, 0.05) is 31.7 Å². The van der Waals surface area contributed by atoms with Gasteiger partial charge in [-0.25, -0.2) is 0 Å². The van der Waals surface area contributed by atoms with Crippen molar-refractivity contribution >= 4 is 0 Å². The number of benzene rings is 1. The van der Waals surface area contributed by atoms with Crippen molar-refractivity contribution in [2.45, 2.75) is 46.3 Å². The molecule has 1 heterocycles. The highest BCUT2D eigenvalue weighted by atomic mass is 15.2. The third-order valence-electron chi connectivity index (χ3n) is 4.29. The summed E-state index contributed by atoms with van der Waals surface area (Å²) in [5.41, 5.74) is 1.43. The van der Waals surface area contributed by atoms with Gasteiger partial charge in [-0.15, -0.1) is 0 Å². The Morgan fingerprint density at radius 3 is 2.37 bits per heavy atom. The predicted molar refractivity (Wildman–Crippen MR) is 82.1 cm³/mol. The summed E-state index contributed by atoms with van der Waals surface area (Å²) in [6, 6.07) is 12.1. The number of nitrogens with one attached hydrogen (secondary N) is 1. The van der Waals surface area contributed by atoms with E-state index in [0.717, 1.165) is 19.6 Å². The molecule has 19 heavy (non-hydrogen) atoms. The fourth-order valence-electron chi connectivity index (χ4n) is 2.96. The maximum atomic E-state index is 3.72. The second-order valence-electron chi connectivity index (χ2n) is 6.49. The first kappa shape index (κ1) is 14.5. The van der Waals surface area contributed by atoms with Gasteiger partial charge in [-0.1, -0.05) is 58.0 Å². The van der Waals surface area contributed by atoms with E-state index < -0.39 is 0 Å². The van der Waals surface area contributed by atoms with Gasteiger partial charge in [0.25, 0.3) is 0 Å². The Bertz CT molecular complexity index is 372. The summed E-state index contributed by atoms with van der Waals surface area (Å²) in [7, 11) is 0. The summed E-state index contributed by atoms with van der Waals surface area (Å²) in [6.07, 6.45) is 0. The van der Waals surface area contributed by atoms with Crippen molar-refractivity contribution in [3.63, 3.8) is 0 Å². The van der Waals surface area contributed by atoms with Crippen LogP contribution in [0, 0.1) is 11.8 Å². The lowest BCUT2D eigenvalue weighted by atomic mass is 9.94. The maximum Gasteiger partial charge on any atom is 0.0247 e. The smallest absolute Gasteiger partial charge is 0.0247 e. The number of hydrogen-bond acceptors (Lipinski definition) is 2. The summed E-state index contributed by atoms with van der Waals surface area (Å²) >= 11 is 0. The normalized spacial score (nSPS) is 25.2. The molecule has 2 nitrogen and oxygen atoms in total. The van der Waals surface area contributed by atoms with Gasteiger partial charge >= 0.3 is 0 Å². The molecule has 0 spiro atoms. The molecular formula is C17H28N2. The zero-order valence-corrected chi connectivity index (χ0v) is 12.8. The minimum Gasteiger partial charge on any atom is -0.311 e. The average molecular weight is 260 g/mol. The molecule has 0 aliphatic carbocycles. The number of rotatable bonds is 4.